The van der Waals surface area contributed by atoms with Crippen LogP contribution in [0.15, 0.2) is 24.3 Å². The van der Waals surface area contributed by atoms with E-state index in [9.17, 15) is 14.7 Å². The van der Waals surface area contributed by atoms with Crippen LogP contribution in [0.3, 0.4) is 0 Å². The fraction of sp³-hybridized carbons (Fsp3) is 0.385. The number of aromatic hydroxyl groups is 1. The maximum absolute atomic E-state index is 11.9. The van der Waals surface area contributed by atoms with Gasteiger partial charge in [0.2, 0.25) is 11.8 Å². The largest absolute Gasteiger partial charge is 0.508 e. The molecule has 1 saturated heterocycles. The molecule has 6 nitrogen and oxygen atoms in total. The Morgan fingerprint density at radius 2 is 2.05 bits per heavy atom. The van der Waals surface area contributed by atoms with Crippen LogP contribution in [-0.4, -0.2) is 34.8 Å². The molecule has 1 aromatic carbocycles. The molecule has 0 aliphatic carbocycles. The van der Waals surface area contributed by atoms with Gasteiger partial charge in [0.15, 0.2) is 0 Å². The summed E-state index contributed by atoms with van der Waals surface area (Å²) >= 11 is 0. The van der Waals surface area contributed by atoms with Crippen LogP contribution in [0.25, 0.3) is 0 Å². The average molecular weight is 264 g/mol. The van der Waals surface area contributed by atoms with Gasteiger partial charge in [-0.1, -0.05) is 0 Å². The number of aliphatic hydroxyl groups excluding tert-OH is 1. The summed E-state index contributed by atoms with van der Waals surface area (Å²) in [5.41, 5.74) is 0.648. The minimum Gasteiger partial charge on any atom is -0.508 e. The summed E-state index contributed by atoms with van der Waals surface area (Å²) in [5, 5.41) is 20.7. The Morgan fingerprint density at radius 3 is 2.63 bits per heavy atom. The van der Waals surface area contributed by atoms with Crippen molar-refractivity contribution in [2.24, 2.45) is 5.92 Å². The van der Waals surface area contributed by atoms with E-state index in [0.717, 1.165) is 0 Å². The average Bonchev–Trinajstić information content (AvgIpc) is 2.72. The Bertz CT molecular complexity index is 484. The molecule has 2 atom stereocenters. The summed E-state index contributed by atoms with van der Waals surface area (Å²) in [6.45, 7) is 1.73. The zero-order valence-corrected chi connectivity index (χ0v) is 10.5. The van der Waals surface area contributed by atoms with E-state index in [1.54, 1.807) is 12.1 Å². The second-order valence-electron chi connectivity index (χ2n) is 4.61. The standard InChI is InChI=1S/C13H16N2O4/c1-8(16)14-13(19)9-6-12(18)15(7-9)10-2-4-11(17)5-3-10/h2-5,8-9,16-17H,6-7H2,1H3,(H,14,19)/t8-,9-/m0/s1. The van der Waals surface area contributed by atoms with Crippen LogP contribution in [0.1, 0.15) is 13.3 Å². The Morgan fingerprint density at radius 1 is 1.42 bits per heavy atom. The van der Waals surface area contributed by atoms with E-state index in [2.05, 4.69) is 5.32 Å². The second-order valence-corrected chi connectivity index (χ2v) is 4.61. The van der Waals surface area contributed by atoms with Gasteiger partial charge < -0.3 is 20.4 Å². The van der Waals surface area contributed by atoms with Crippen LogP contribution in [-0.2, 0) is 9.59 Å². The van der Waals surface area contributed by atoms with Crippen LogP contribution < -0.4 is 10.2 Å². The van der Waals surface area contributed by atoms with Crippen molar-refractivity contribution < 1.29 is 19.8 Å². The van der Waals surface area contributed by atoms with Crippen LogP contribution >= 0.6 is 0 Å². The van der Waals surface area contributed by atoms with Gasteiger partial charge in [-0.15, -0.1) is 0 Å². The number of aliphatic hydroxyl groups is 1. The highest BCUT2D eigenvalue weighted by Crippen LogP contribution is 2.26. The second kappa shape index (κ2) is 5.27. The number of anilines is 1. The molecule has 0 saturated carbocycles. The van der Waals surface area contributed by atoms with E-state index in [1.165, 1.54) is 24.0 Å². The SMILES string of the molecule is C[C@H](O)NC(=O)[C@H]1CC(=O)N(c2ccc(O)cc2)C1. The van der Waals surface area contributed by atoms with Crippen molar-refractivity contribution in [1.82, 2.24) is 5.32 Å². The molecule has 0 radical (unpaired) electrons. The molecule has 2 rings (SSSR count). The molecule has 1 aliphatic heterocycles. The molecule has 1 aliphatic rings. The van der Waals surface area contributed by atoms with Gasteiger partial charge in [0.05, 0.1) is 5.92 Å². The normalized spacial score (nSPS) is 20.4. The number of nitrogens with one attached hydrogen (secondary N) is 1. The highest BCUT2D eigenvalue weighted by atomic mass is 16.3. The molecule has 102 valence electrons. The van der Waals surface area contributed by atoms with Crippen molar-refractivity contribution in [1.29, 1.82) is 0 Å². The van der Waals surface area contributed by atoms with Crippen LogP contribution in [0.2, 0.25) is 0 Å². The lowest BCUT2D eigenvalue weighted by molar-refractivity contribution is -0.128. The van der Waals surface area contributed by atoms with Gasteiger partial charge in [0.1, 0.15) is 12.0 Å². The van der Waals surface area contributed by atoms with Gasteiger partial charge >= 0.3 is 0 Å². The Hall–Kier alpha value is -2.08. The fourth-order valence-electron chi connectivity index (χ4n) is 2.09. The van der Waals surface area contributed by atoms with E-state index in [-0.39, 0.29) is 30.5 Å². The first-order valence-corrected chi connectivity index (χ1v) is 6.05. The van der Waals surface area contributed by atoms with Crippen LogP contribution in [0, 0.1) is 5.92 Å². The quantitative estimate of drug-likeness (QED) is 0.680. The summed E-state index contributed by atoms with van der Waals surface area (Å²) in [6, 6.07) is 6.24. The lowest BCUT2D eigenvalue weighted by Gasteiger charge is -2.17. The van der Waals surface area contributed by atoms with Crippen molar-refractivity contribution in [3.8, 4) is 5.75 Å². The maximum Gasteiger partial charge on any atom is 0.227 e. The van der Waals surface area contributed by atoms with Gasteiger partial charge in [0, 0.05) is 18.7 Å². The summed E-state index contributed by atoms with van der Waals surface area (Å²) in [5.74, 6) is -0.809. The lowest BCUT2D eigenvalue weighted by Crippen LogP contribution is -2.38. The smallest absolute Gasteiger partial charge is 0.227 e. The van der Waals surface area contributed by atoms with Crippen LogP contribution in [0.5, 0.6) is 5.75 Å². The minimum atomic E-state index is -0.926. The monoisotopic (exact) mass is 264 g/mol. The summed E-state index contributed by atoms with van der Waals surface area (Å²) < 4.78 is 0. The Balaban J connectivity index is 2.07. The predicted molar refractivity (Wildman–Crippen MR) is 68.4 cm³/mol. The van der Waals surface area contributed by atoms with Gasteiger partial charge in [-0.05, 0) is 31.2 Å². The summed E-state index contributed by atoms with van der Waals surface area (Å²) in [6.07, 6.45) is -0.801. The Labute approximate surface area is 110 Å². The predicted octanol–water partition coefficient (Wildman–Crippen LogP) is 0.200. The number of phenols is 1. The molecule has 2 amide bonds. The van der Waals surface area contributed by atoms with Crippen molar-refractivity contribution in [2.75, 3.05) is 11.4 Å². The fourth-order valence-corrected chi connectivity index (χ4v) is 2.09. The first kappa shape index (κ1) is 13.4. The summed E-state index contributed by atoms with van der Waals surface area (Å²) in [4.78, 5) is 25.1. The van der Waals surface area contributed by atoms with Gasteiger partial charge in [-0.25, -0.2) is 0 Å². The third-order valence-corrected chi connectivity index (χ3v) is 3.01. The molecule has 0 spiro atoms. The van der Waals surface area contributed by atoms with E-state index < -0.39 is 12.1 Å². The first-order valence-electron chi connectivity index (χ1n) is 6.05. The molecule has 1 heterocycles. The third-order valence-electron chi connectivity index (χ3n) is 3.01. The lowest BCUT2D eigenvalue weighted by atomic mass is 10.1. The number of benzene rings is 1. The van der Waals surface area contributed by atoms with E-state index in [0.29, 0.717) is 5.69 Å². The number of carbonyl (C=O) groups excluding carboxylic acids is 2. The zero-order valence-electron chi connectivity index (χ0n) is 10.5. The highest BCUT2D eigenvalue weighted by Gasteiger charge is 2.35. The minimum absolute atomic E-state index is 0.124. The number of carbonyl (C=O) groups is 2. The molecule has 0 aromatic heterocycles. The third kappa shape index (κ3) is 3.03. The zero-order chi connectivity index (χ0) is 14.0. The molecule has 1 fully saturated rings. The number of nitrogens with zero attached hydrogens (tertiary/aromatic N) is 1. The molecule has 0 unspecified atom stereocenters. The molecule has 19 heavy (non-hydrogen) atoms. The van der Waals surface area contributed by atoms with E-state index in [4.69, 9.17) is 5.11 Å². The molecular formula is C13H16N2O4. The molecule has 3 N–H and O–H groups in total. The molecule has 1 aromatic rings. The van der Waals surface area contributed by atoms with Gasteiger partial charge in [-0.2, -0.15) is 0 Å². The van der Waals surface area contributed by atoms with Crippen molar-refractivity contribution >= 4 is 17.5 Å². The van der Waals surface area contributed by atoms with Crippen molar-refractivity contribution in [3.63, 3.8) is 0 Å². The number of hydrogen-bond donors (Lipinski definition) is 3. The first-order chi connectivity index (χ1) is 8.97. The molecule has 6 heteroatoms. The van der Waals surface area contributed by atoms with Crippen LogP contribution in [0.4, 0.5) is 5.69 Å². The number of rotatable bonds is 3. The van der Waals surface area contributed by atoms with Gasteiger partial charge in [0.25, 0.3) is 0 Å². The van der Waals surface area contributed by atoms with E-state index in [1.807, 2.05) is 0 Å². The van der Waals surface area contributed by atoms with Gasteiger partial charge in [-0.3, -0.25) is 9.59 Å². The summed E-state index contributed by atoms with van der Waals surface area (Å²) in [7, 11) is 0. The maximum atomic E-state index is 11.9. The topological polar surface area (TPSA) is 89.9 Å². The molecular weight excluding hydrogens is 248 g/mol. The van der Waals surface area contributed by atoms with Crippen molar-refractivity contribution in [2.45, 2.75) is 19.6 Å². The van der Waals surface area contributed by atoms with Crippen molar-refractivity contribution in [3.05, 3.63) is 24.3 Å². The molecule has 0 bridgehead atoms. The number of phenolic OH excluding ortho intramolecular Hbond substituents is 1. The number of amides is 2. The number of hydrogen-bond acceptors (Lipinski definition) is 4. The highest BCUT2D eigenvalue weighted by molar-refractivity contribution is 6.00. The Kier molecular flexibility index (Phi) is 3.71. The van der Waals surface area contributed by atoms with E-state index >= 15 is 0 Å².